The van der Waals surface area contributed by atoms with Gasteiger partial charge in [0, 0.05) is 56.1 Å². The number of alkyl halides is 1. The fourth-order valence-corrected chi connectivity index (χ4v) is 4.57. The van der Waals surface area contributed by atoms with E-state index in [9.17, 15) is 4.79 Å². The van der Waals surface area contributed by atoms with Crippen molar-refractivity contribution in [3.05, 3.63) is 95.1 Å². The summed E-state index contributed by atoms with van der Waals surface area (Å²) >= 11 is 0. The van der Waals surface area contributed by atoms with Crippen LogP contribution >= 0.6 is 0 Å². The molecule has 0 aliphatic carbocycles. The minimum absolute atomic E-state index is 0.105. The fraction of sp³-hybridized carbons (Fsp3) is 0.296. The molecule has 6 heteroatoms. The number of carbonyl (C=O) groups excluding carboxylic acids is 1. The lowest BCUT2D eigenvalue weighted by Gasteiger charge is -2.31. The summed E-state index contributed by atoms with van der Waals surface area (Å²) in [6, 6.07) is 19.0. The molecule has 0 unspecified atom stereocenters. The normalized spacial score (nSPS) is 15.6. The highest BCUT2D eigenvalue weighted by Crippen LogP contribution is 2.37. The minimum Gasteiger partial charge on any atom is -0.381 e. The summed E-state index contributed by atoms with van der Waals surface area (Å²) in [6.45, 7) is 0.873. The lowest BCUT2D eigenvalue weighted by molar-refractivity contribution is -0.0121. The summed E-state index contributed by atoms with van der Waals surface area (Å²) in [6.07, 6.45) is 3.81. The Bertz CT molecular complexity index is 1290. The highest BCUT2D eigenvalue weighted by molar-refractivity contribution is 6.08. The second kappa shape index (κ2) is 8.87. The number of carbonyl (C=O) groups is 1. The molecule has 0 saturated carbocycles. The molecule has 1 saturated heterocycles. The number of aryl methyl sites for hydroxylation is 3. The smallest absolute Gasteiger partial charge is 0.228 e. The number of hydrogen-bond donors (Lipinski definition) is 0. The van der Waals surface area contributed by atoms with Crippen LogP contribution in [0.4, 0.5) is 4.39 Å². The summed E-state index contributed by atoms with van der Waals surface area (Å²) in [5.41, 5.74) is 3.52. The Morgan fingerprint density at radius 3 is 2.55 bits per heavy atom. The molecule has 0 spiro atoms. The highest BCUT2D eigenvalue weighted by Gasteiger charge is 2.36. The number of hydrogen-bond acceptors (Lipinski definition) is 4. The Hall–Kier alpha value is -3.38. The molecule has 33 heavy (non-hydrogen) atoms. The Morgan fingerprint density at radius 1 is 1.03 bits per heavy atom. The van der Waals surface area contributed by atoms with Crippen molar-refractivity contribution >= 4 is 16.8 Å². The molecule has 2 aromatic carbocycles. The Balaban J connectivity index is 1.31. The van der Waals surface area contributed by atoms with Crippen molar-refractivity contribution in [2.24, 2.45) is 7.05 Å². The lowest BCUT2D eigenvalue weighted by atomic mass is 9.86. The monoisotopic (exact) mass is 443 g/mol. The summed E-state index contributed by atoms with van der Waals surface area (Å²) in [5.74, 6) is 0.318. The first-order chi connectivity index (χ1) is 16.0. The number of para-hydroxylation sites is 2. The highest BCUT2D eigenvalue weighted by atomic mass is 19.1. The lowest BCUT2D eigenvalue weighted by Crippen LogP contribution is -2.30. The number of imidazole rings is 1. The van der Waals surface area contributed by atoms with Gasteiger partial charge in [-0.3, -0.25) is 9.78 Å². The minimum atomic E-state index is -1.37. The number of halogens is 1. The van der Waals surface area contributed by atoms with Crippen LogP contribution in [-0.4, -0.2) is 33.5 Å². The van der Waals surface area contributed by atoms with Gasteiger partial charge in [0.25, 0.3) is 0 Å². The summed E-state index contributed by atoms with van der Waals surface area (Å²) in [7, 11) is 1.86. The van der Waals surface area contributed by atoms with Crippen molar-refractivity contribution in [3.63, 3.8) is 0 Å². The van der Waals surface area contributed by atoms with Crippen LogP contribution in [0.2, 0.25) is 0 Å². The van der Waals surface area contributed by atoms with E-state index in [2.05, 4.69) is 9.97 Å². The van der Waals surface area contributed by atoms with Crippen molar-refractivity contribution < 1.29 is 13.9 Å². The van der Waals surface area contributed by atoms with Gasteiger partial charge in [0.1, 0.15) is 5.67 Å². The first-order valence-corrected chi connectivity index (χ1v) is 11.3. The summed E-state index contributed by atoms with van der Waals surface area (Å²) in [5, 5.41) is 0. The van der Waals surface area contributed by atoms with Crippen LogP contribution in [0.25, 0.3) is 11.0 Å². The molecule has 0 N–H and O–H groups in total. The Morgan fingerprint density at radius 2 is 1.79 bits per heavy atom. The number of ether oxygens (including phenoxy) is 1. The molecule has 1 aliphatic heterocycles. The molecule has 0 radical (unpaired) electrons. The van der Waals surface area contributed by atoms with E-state index in [4.69, 9.17) is 4.74 Å². The molecule has 1 aliphatic rings. The SMILES string of the molecule is Cn1c(C(=O)c2ccc(CCc3ncccc3C3(F)CCOCC3)cc2)nc2ccccc21. The Kier molecular flexibility index (Phi) is 5.77. The van der Waals surface area contributed by atoms with E-state index < -0.39 is 5.67 Å². The van der Waals surface area contributed by atoms with Crippen LogP contribution < -0.4 is 0 Å². The van der Waals surface area contributed by atoms with Crippen molar-refractivity contribution in [2.45, 2.75) is 31.4 Å². The predicted octanol–water partition coefficient (Wildman–Crippen LogP) is 4.96. The summed E-state index contributed by atoms with van der Waals surface area (Å²) in [4.78, 5) is 22.0. The van der Waals surface area contributed by atoms with Crippen molar-refractivity contribution in [2.75, 3.05) is 13.2 Å². The van der Waals surface area contributed by atoms with Gasteiger partial charge in [-0.2, -0.15) is 0 Å². The van der Waals surface area contributed by atoms with Gasteiger partial charge in [-0.05, 0) is 36.6 Å². The van der Waals surface area contributed by atoms with E-state index in [1.807, 2.05) is 66.2 Å². The van der Waals surface area contributed by atoms with E-state index in [1.54, 1.807) is 12.3 Å². The maximum absolute atomic E-state index is 15.5. The maximum atomic E-state index is 15.5. The van der Waals surface area contributed by atoms with E-state index in [0.29, 0.717) is 49.4 Å². The third kappa shape index (κ3) is 4.18. The number of nitrogens with zero attached hydrogens (tertiary/aromatic N) is 3. The average molecular weight is 444 g/mol. The number of rotatable bonds is 6. The molecule has 5 rings (SSSR count). The largest absolute Gasteiger partial charge is 0.381 e. The van der Waals surface area contributed by atoms with Gasteiger partial charge in [0.15, 0.2) is 5.82 Å². The van der Waals surface area contributed by atoms with Crippen molar-refractivity contribution in [1.29, 1.82) is 0 Å². The van der Waals surface area contributed by atoms with Gasteiger partial charge in [-0.15, -0.1) is 0 Å². The Labute approximate surface area is 192 Å². The first kappa shape index (κ1) is 21.5. The van der Waals surface area contributed by atoms with Crippen LogP contribution in [0.5, 0.6) is 0 Å². The third-order valence-corrected chi connectivity index (χ3v) is 6.52. The van der Waals surface area contributed by atoms with Crippen LogP contribution in [-0.2, 0) is 30.3 Å². The number of fused-ring (bicyclic) bond motifs is 1. The van der Waals surface area contributed by atoms with Crippen molar-refractivity contribution in [1.82, 2.24) is 14.5 Å². The van der Waals surface area contributed by atoms with E-state index in [1.165, 1.54) is 0 Å². The first-order valence-electron chi connectivity index (χ1n) is 11.3. The number of ketones is 1. The molecule has 5 nitrogen and oxygen atoms in total. The van der Waals surface area contributed by atoms with Crippen molar-refractivity contribution in [3.8, 4) is 0 Å². The molecule has 2 aromatic heterocycles. The van der Waals surface area contributed by atoms with Gasteiger partial charge in [-0.25, -0.2) is 9.37 Å². The van der Waals surface area contributed by atoms with Crippen LogP contribution in [0.15, 0.2) is 66.9 Å². The zero-order valence-corrected chi connectivity index (χ0v) is 18.6. The number of benzene rings is 2. The molecular weight excluding hydrogens is 417 g/mol. The van der Waals surface area contributed by atoms with Gasteiger partial charge in [-0.1, -0.05) is 42.5 Å². The van der Waals surface area contributed by atoms with Crippen LogP contribution in [0.3, 0.4) is 0 Å². The van der Waals surface area contributed by atoms with E-state index in [0.717, 1.165) is 28.7 Å². The van der Waals surface area contributed by atoms with Gasteiger partial charge >= 0.3 is 0 Å². The molecule has 3 heterocycles. The fourth-order valence-electron chi connectivity index (χ4n) is 4.57. The molecular formula is C27H26FN3O2. The third-order valence-electron chi connectivity index (χ3n) is 6.52. The van der Waals surface area contributed by atoms with E-state index >= 15 is 4.39 Å². The molecule has 0 atom stereocenters. The molecule has 4 aromatic rings. The molecule has 168 valence electrons. The second-order valence-corrected chi connectivity index (χ2v) is 8.58. The molecule has 0 bridgehead atoms. The standard InChI is InChI=1S/C27H26FN3O2/c1-31-24-7-3-2-6-23(24)30-26(31)25(32)20-11-8-19(9-12-20)10-13-22-21(5-4-16-29-22)27(28)14-17-33-18-15-27/h2-9,11-12,16H,10,13-15,17-18H2,1H3. The predicted molar refractivity (Wildman–Crippen MR) is 125 cm³/mol. The van der Waals surface area contributed by atoms with Gasteiger partial charge in [0.2, 0.25) is 5.78 Å². The van der Waals surface area contributed by atoms with Crippen LogP contribution in [0.1, 0.15) is 45.8 Å². The second-order valence-electron chi connectivity index (χ2n) is 8.58. The zero-order chi connectivity index (χ0) is 22.8. The molecule has 0 amide bonds. The number of pyridine rings is 1. The zero-order valence-electron chi connectivity index (χ0n) is 18.6. The molecule has 1 fully saturated rings. The summed E-state index contributed by atoms with van der Waals surface area (Å²) < 4.78 is 22.7. The average Bonchev–Trinajstić information content (AvgIpc) is 3.20. The maximum Gasteiger partial charge on any atom is 0.228 e. The number of aromatic nitrogens is 3. The topological polar surface area (TPSA) is 57.0 Å². The van der Waals surface area contributed by atoms with E-state index in [-0.39, 0.29) is 5.78 Å². The van der Waals surface area contributed by atoms with Gasteiger partial charge in [0.05, 0.1) is 11.0 Å². The van der Waals surface area contributed by atoms with Gasteiger partial charge < -0.3 is 9.30 Å². The van der Waals surface area contributed by atoms with Crippen LogP contribution in [0, 0.1) is 0 Å². The quantitative estimate of drug-likeness (QED) is 0.395.